The third kappa shape index (κ3) is 8.31. The largest absolute Gasteiger partial charge is 0.355 e. The highest BCUT2D eigenvalue weighted by Crippen LogP contribution is 2.23. The van der Waals surface area contributed by atoms with Gasteiger partial charge in [-0.2, -0.15) is 0 Å². The van der Waals surface area contributed by atoms with Crippen molar-refractivity contribution < 1.29 is 18.0 Å². The van der Waals surface area contributed by atoms with E-state index in [1.165, 1.54) is 4.90 Å². The molecule has 0 aromatic heterocycles. The van der Waals surface area contributed by atoms with Gasteiger partial charge in [0.15, 0.2) is 0 Å². The molecule has 0 bridgehead atoms. The Labute approximate surface area is 231 Å². The van der Waals surface area contributed by atoms with Crippen molar-refractivity contribution in [2.75, 3.05) is 23.7 Å². The Morgan fingerprint density at radius 1 is 0.973 bits per heavy atom. The van der Waals surface area contributed by atoms with E-state index in [-0.39, 0.29) is 18.9 Å². The van der Waals surface area contributed by atoms with Gasteiger partial charge < -0.3 is 10.2 Å². The van der Waals surface area contributed by atoms with Crippen LogP contribution in [0, 0.1) is 0 Å². The van der Waals surface area contributed by atoms with E-state index in [0.29, 0.717) is 21.7 Å². The first-order valence-electron chi connectivity index (χ1n) is 11.7. The van der Waals surface area contributed by atoms with Crippen molar-refractivity contribution in [3.05, 3.63) is 99.5 Å². The van der Waals surface area contributed by atoms with Crippen molar-refractivity contribution in [2.24, 2.45) is 0 Å². The van der Waals surface area contributed by atoms with Gasteiger partial charge in [0.2, 0.25) is 21.8 Å². The SMILES string of the molecule is CCNC(=O)[C@H](Cc1ccccc1)N(Cc1ccc(Cl)cc1)C(=O)CN(c1cccc(Br)c1)S(C)(=O)=O. The van der Waals surface area contributed by atoms with Gasteiger partial charge in [-0.05, 0) is 48.4 Å². The number of likely N-dealkylation sites (N-methyl/N-ethyl adjacent to an activating group) is 1. The molecule has 0 aliphatic carbocycles. The van der Waals surface area contributed by atoms with Gasteiger partial charge in [-0.3, -0.25) is 13.9 Å². The Kier molecular flexibility index (Phi) is 10.1. The zero-order chi connectivity index (χ0) is 27.0. The topological polar surface area (TPSA) is 86.8 Å². The molecule has 0 spiro atoms. The Bertz CT molecular complexity index is 1320. The molecule has 10 heteroatoms. The van der Waals surface area contributed by atoms with Crippen molar-refractivity contribution in [1.82, 2.24) is 10.2 Å². The van der Waals surface area contributed by atoms with Crippen LogP contribution in [0.5, 0.6) is 0 Å². The minimum absolute atomic E-state index is 0.0979. The molecule has 0 aliphatic rings. The fraction of sp³-hybridized carbons (Fsp3) is 0.259. The molecule has 3 aromatic rings. The zero-order valence-corrected chi connectivity index (χ0v) is 23.8. The molecule has 0 heterocycles. The van der Waals surface area contributed by atoms with E-state index in [0.717, 1.165) is 21.7 Å². The number of hydrogen-bond acceptors (Lipinski definition) is 4. The summed E-state index contributed by atoms with van der Waals surface area (Å²) in [5.41, 5.74) is 1.97. The molecular formula is C27H29BrClN3O4S. The molecule has 0 saturated heterocycles. The minimum Gasteiger partial charge on any atom is -0.355 e. The third-order valence-corrected chi connectivity index (χ3v) is 7.55. The van der Waals surface area contributed by atoms with Crippen molar-refractivity contribution in [3.8, 4) is 0 Å². The van der Waals surface area contributed by atoms with Crippen molar-refractivity contribution in [3.63, 3.8) is 0 Å². The van der Waals surface area contributed by atoms with Gasteiger partial charge in [-0.1, -0.05) is 76.1 Å². The highest BCUT2D eigenvalue weighted by Gasteiger charge is 2.32. The maximum Gasteiger partial charge on any atom is 0.244 e. The summed E-state index contributed by atoms with van der Waals surface area (Å²) in [5.74, 6) is -0.824. The van der Waals surface area contributed by atoms with Gasteiger partial charge >= 0.3 is 0 Å². The highest BCUT2D eigenvalue weighted by molar-refractivity contribution is 9.10. The van der Waals surface area contributed by atoms with Crippen LogP contribution in [0.2, 0.25) is 5.02 Å². The van der Waals surface area contributed by atoms with E-state index in [1.54, 1.807) is 48.5 Å². The molecular weight excluding hydrogens is 578 g/mol. The number of carbonyl (C=O) groups is 2. The zero-order valence-electron chi connectivity index (χ0n) is 20.6. The summed E-state index contributed by atoms with van der Waals surface area (Å²) in [7, 11) is -3.81. The average molecular weight is 607 g/mol. The van der Waals surface area contributed by atoms with Gasteiger partial charge in [0, 0.05) is 29.0 Å². The quantitative estimate of drug-likeness (QED) is 0.345. The van der Waals surface area contributed by atoms with Crippen LogP contribution in [0.1, 0.15) is 18.1 Å². The van der Waals surface area contributed by atoms with Crippen LogP contribution in [0.3, 0.4) is 0 Å². The van der Waals surface area contributed by atoms with Crippen LogP contribution < -0.4 is 9.62 Å². The predicted octanol–water partition coefficient (Wildman–Crippen LogP) is 4.64. The lowest BCUT2D eigenvalue weighted by Crippen LogP contribution is -2.53. The van der Waals surface area contributed by atoms with Gasteiger partial charge in [-0.15, -0.1) is 0 Å². The van der Waals surface area contributed by atoms with E-state index < -0.39 is 28.5 Å². The minimum atomic E-state index is -3.81. The molecule has 196 valence electrons. The molecule has 0 radical (unpaired) electrons. The fourth-order valence-corrected chi connectivity index (χ4v) is 5.23. The van der Waals surface area contributed by atoms with E-state index in [9.17, 15) is 18.0 Å². The summed E-state index contributed by atoms with van der Waals surface area (Å²) in [6.45, 7) is 1.83. The number of nitrogens with zero attached hydrogens (tertiary/aromatic N) is 2. The summed E-state index contributed by atoms with van der Waals surface area (Å²) in [5, 5.41) is 3.37. The summed E-state index contributed by atoms with van der Waals surface area (Å²) >= 11 is 9.41. The molecule has 7 nitrogen and oxygen atoms in total. The molecule has 0 fully saturated rings. The second-order valence-electron chi connectivity index (χ2n) is 8.50. The molecule has 3 rings (SSSR count). The molecule has 0 aliphatic heterocycles. The van der Waals surface area contributed by atoms with E-state index in [1.807, 2.05) is 37.3 Å². The first-order valence-corrected chi connectivity index (χ1v) is 14.7. The monoisotopic (exact) mass is 605 g/mol. The van der Waals surface area contributed by atoms with Crippen molar-refractivity contribution in [2.45, 2.75) is 25.9 Å². The highest BCUT2D eigenvalue weighted by atomic mass is 79.9. The predicted molar refractivity (Wildman–Crippen MR) is 151 cm³/mol. The van der Waals surface area contributed by atoms with Crippen molar-refractivity contribution in [1.29, 1.82) is 0 Å². The van der Waals surface area contributed by atoms with Crippen LogP contribution in [0.4, 0.5) is 5.69 Å². The summed E-state index contributed by atoms with van der Waals surface area (Å²) in [6, 6.07) is 22.2. The van der Waals surface area contributed by atoms with E-state index >= 15 is 0 Å². The van der Waals surface area contributed by atoms with Gasteiger partial charge in [0.25, 0.3) is 0 Å². The third-order valence-electron chi connectivity index (χ3n) is 5.66. The smallest absolute Gasteiger partial charge is 0.244 e. The first kappa shape index (κ1) is 28.7. The number of hydrogen-bond donors (Lipinski definition) is 1. The van der Waals surface area contributed by atoms with Crippen LogP contribution >= 0.6 is 27.5 Å². The first-order chi connectivity index (χ1) is 17.6. The molecule has 37 heavy (non-hydrogen) atoms. The number of benzene rings is 3. The standard InChI is InChI=1S/C27H29BrClN3O4S/c1-3-30-27(34)25(16-20-8-5-4-6-9-20)31(18-21-12-14-23(29)15-13-21)26(33)19-32(37(2,35)36)24-11-7-10-22(28)17-24/h4-15,17,25H,3,16,18-19H2,1-2H3,(H,30,34)/t25-/m0/s1. The summed E-state index contributed by atoms with van der Waals surface area (Å²) in [4.78, 5) is 28.6. The number of carbonyl (C=O) groups excluding carboxylic acids is 2. The van der Waals surface area contributed by atoms with Crippen LogP contribution in [-0.2, 0) is 32.6 Å². The molecule has 2 amide bonds. The van der Waals surface area contributed by atoms with Gasteiger partial charge in [0.05, 0.1) is 11.9 Å². The Balaban J connectivity index is 2.03. The lowest BCUT2D eigenvalue weighted by atomic mass is 10.0. The second kappa shape index (κ2) is 13.1. The number of anilines is 1. The van der Waals surface area contributed by atoms with Crippen LogP contribution in [0.25, 0.3) is 0 Å². The van der Waals surface area contributed by atoms with E-state index in [2.05, 4.69) is 21.2 Å². The Morgan fingerprint density at radius 2 is 1.65 bits per heavy atom. The summed E-state index contributed by atoms with van der Waals surface area (Å²) in [6.07, 6.45) is 1.32. The number of halogens is 2. The fourth-order valence-electron chi connectivity index (χ4n) is 3.88. The van der Waals surface area contributed by atoms with E-state index in [4.69, 9.17) is 11.6 Å². The molecule has 1 atom stereocenters. The van der Waals surface area contributed by atoms with Crippen molar-refractivity contribution >= 4 is 55.1 Å². The van der Waals surface area contributed by atoms with Crippen LogP contribution in [-0.4, -0.2) is 50.5 Å². The number of amides is 2. The Hall–Kier alpha value is -2.88. The Morgan fingerprint density at radius 3 is 2.24 bits per heavy atom. The maximum atomic E-state index is 13.9. The summed E-state index contributed by atoms with van der Waals surface area (Å²) < 4.78 is 27.2. The van der Waals surface area contributed by atoms with Gasteiger partial charge in [-0.25, -0.2) is 8.42 Å². The maximum absolute atomic E-state index is 13.9. The normalized spacial score (nSPS) is 12.0. The van der Waals surface area contributed by atoms with Crippen LogP contribution in [0.15, 0.2) is 83.3 Å². The molecule has 0 unspecified atom stereocenters. The number of nitrogens with one attached hydrogen (secondary N) is 1. The molecule has 3 aromatic carbocycles. The second-order valence-corrected chi connectivity index (χ2v) is 11.8. The molecule has 1 N–H and O–H groups in total. The lowest BCUT2D eigenvalue weighted by molar-refractivity contribution is -0.140. The lowest BCUT2D eigenvalue weighted by Gasteiger charge is -2.33. The average Bonchev–Trinajstić information content (AvgIpc) is 2.85. The number of sulfonamides is 1. The number of rotatable bonds is 11. The molecule has 0 saturated carbocycles. The van der Waals surface area contributed by atoms with Gasteiger partial charge in [0.1, 0.15) is 12.6 Å².